The van der Waals surface area contributed by atoms with Gasteiger partial charge in [-0.3, -0.25) is 0 Å². The zero-order chi connectivity index (χ0) is 23.9. The second-order valence-electron chi connectivity index (χ2n) is 8.36. The number of nitrogens with two attached hydrogens (primary N) is 1. The third kappa shape index (κ3) is 4.07. The quantitative estimate of drug-likeness (QED) is 0.546. The van der Waals surface area contributed by atoms with Gasteiger partial charge >= 0.3 is 6.09 Å². The number of carboxylic acid groups (broad SMARTS) is 1. The van der Waals surface area contributed by atoms with Crippen molar-refractivity contribution in [3.63, 3.8) is 0 Å². The van der Waals surface area contributed by atoms with E-state index in [0.717, 1.165) is 22.4 Å². The highest BCUT2D eigenvalue weighted by Crippen LogP contribution is 2.33. The molecule has 4 rings (SSSR count). The summed E-state index contributed by atoms with van der Waals surface area (Å²) in [6.45, 7) is 7.08. The first kappa shape index (κ1) is 22.1. The van der Waals surface area contributed by atoms with Gasteiger partial charge in [0.15, 0.2) is 0 Å². The van der Waals surface area contributed by atoms with Crippen LogP contribution in [0, 0.1) is 18.3 Å². The summed E-state index contributed by atoms with van der Waals surface area (Å²) in [5.41, 5.74) is 10.2. The van der Waals surface area contributed by atoms with Gasteiger partial charge in [-0.05, 0) is 32.9 Å². The second-order valence-corrected chi connectivity index (χ2v) is 8.36. The summed E-state index contributed by atoms with van der Waals surface area (Å²) in [7, 11) is 1.96. The van der Waals surface area contributed by atoms with Gasteiger partial charge in [-0.1, -0.05) is 0 Å². The maximum absolute atomic E-state index is 11.5. The van der Waals surface area contributed by atoms with E-state index in [9.17, 15) is 15.2 Å². The van der Waals surface area contributed by atoms with Gasteiger partial charge in [0.1, 0.15) is 17.5 Å². The number of hydrogen-bond donors (Lipinski definition) is 3. The minimum atomic E-state index is -0.908. The number of rotatable bonds is 4. The van der Waals surface area contributed by atoms with Crippen LogP contribution in [-0.4, -0.2) is 61.3 Å². The summed E-state index contributed by atoms with van der Waals surface area (Å²) < 4.78 is 2.01. The molecule has 1 amide bonds. The molecule has 11 nitrogen and oxygen atoms in total. The van der Waals surface area contributed by atoms with Gasteiger partial charge < -0.3 is 30.5 Å². The molecule has 3 aromatic heterocycles. The molecule has 0 spiro atoms. The summed E-state index contributed by atoms with van der Waals surface area (Å²) in [5.74, 6) is 0.450. The van der Waals surface area contributed by atoms with Crippen molar-refractivity contribution in [2.45, 2.75) is 32.9 Å². The van der Waals surface area contributed by atoms with Crippen LogP contribution in [0.1, 0.15) is 36.8 Å². The predicted molar refractivity (Wildman–Crippen MR) is 125 cm³/mol. The number of nitrogens with zero attached hydrogens (tertiary/aromatic N) is 7. The molecule has 0 bridgehead atoms. The fraction of sp³-hybridized carbons (Fsp3) is 0.409. The van der Waals surface area contributed by atoms with Crippen molar-refractivity contribution in [3.05, 3.63) is 35.3 Å². The van der Waals surface area contributed by atoms with Crippen molar-refractivity contribution in [1.29, 1.82) is 5.26 Å². The Labute approximate surface area is 191 Å². The zero-order valence-corrected chi connectivity index (χ0v) is 19.1. The van der Waals surface area contributed by atoms with Crippen LogP contribution in [0.4, 0.5) is 22.2 Å². The largest absolute Gasteiger partial charge is 0.465 e. The Morgan fingerprint density at radius 3 is 2.79 bits per heavy atom. The lowest BCUT2D eigenvalue weighted by atomic mass is 10.1. The highest BCUT2D eigenvalue weighted by atomic mass is 16.4. The molecule has 0 radical (unpaired) electrons. The number of pyridine rings is 1. The molecule has 11 heteroatoms. The van der Waals surface area contributed by atoms with Gasteiger partial charge in [0.2, 0.25) is 5.95 Å². The number of nitrogen functional groups attached to an aromatic ring is 1. The molecule has 1 saturated heterocycles. The number of nitriles is 1. The Morgan fingerprint density at radius 1 is 1.36 bits per heavy atom. The minimum absolute atomic E-state index is 0.0894. The Hall–Kier alpha value is -4.07. The van der Waals surface area contributed by atoms with E-state index in [1.165, 1.54) is 4.90 Å². The van der Waals surface area contributed by atoms with E-state index in [4.69, 9.17) is 10.7 Å². The second kappa shape index (κ2) is 8.46. The minimum Gasteiger partial charge on any atom is -0.465 e. The molecule has 3 aromatic rings. The van der Waals surface area contributed by atoms with Gasteiger partial charge in [0.05, 0.1) is 34.2 Å². The van der Waals surface area contributed by atoms with Crippen LogP contribution >= 0.6 is 0 Å². The number of carbonyl (C=O) groups is 1. The van der Waals surface area contributed by atoms with Crippen molar-refractivity contribution in [2.75, 3.05) is 35.6 Å². The number of nitrogens with one attached hydrogen (secondary N) is 1. The molecule has 172 valence electrons. The number of anilines is 3. The maximum atomic E-state index is 11.5. The van der Waals surface area contributed by atoms with Gasteiger partial charge in [0, 0.05) is 38.9 Å². The SMILES string of the molecule is Cc1nc(N)nc(N[C@@H](C)c2nc3ccn(C)c3cc2N2CCN(C(=O)O)C(C)C2)c1C#N. The number of fused-ring (bicyclic) bond motifs is 1. The fourth-order valence-corrected chi connectivity index (χ4v) is 4.33. The molecule has 0 aliphatic carbocycles. The van der Waals surface area contributed by atoms with Crippen molar-refractivity contribution in [3.8, 4) is 6.07 Å². The monoisotopic (exact) mass is 449 g/mol. The normalized spacial score (nSPS) is 17.1. The molecule has 4 N–H and O–H groups in total. The van der Waals surface area contributed by atoms with Crippen LogP contribution in [-0.2, 0) is 7.05 Å². The molecule has 0 saturated carbocycles. The van der Waals surface area contributed by atoms with Crippen LogP contribution in [0.5, 0.6) is 0 Å². The molecule has 1 fully saturated rings. The van der Waals surface area contributed by atoms with Crippen molar-refractivity contribution < 1.29 is 9.90 Å². The smallest absolute Gasteiger partial charge is 0.407 e. The average molecular weight is 450 g/mol. The van der Waals surface area contributed by atoms with Gasteiger partial charge in [-0.15, -0.1) is 0 Å². The number of piperazine rings is 1. The molecule has 2 atom stereocenters. The summed E-state index contributed by atoms with van der Waals surface area (Å²) in [5, 5.41) is 22.3. The highest BCUT2D eigenvalue weighted by molar-refractivity contribution is 5.81. The van der Waals surface area contributed by atoms with Crippen molar-refractivity contribution in [2.24, 2.45) is 7.05 Å². The Kier molecular flexibility index (Phi) is 5.68. The third-order valence-electron chi connectivity index (χ3n) is 6.07. The van der Waals surface area contributed by atoms with Crippen LogP contribution in [0.3, 0.4) is 0 Å². The van der Waals surface area contributed by atoms with Crippen LogP contribution in [0.2, 0.25) is 0 Å². The summed E-state index contributed by atoms with van der Waals surface area (Å²) >= 11 is 0. The van der Waals surface area contributed by atoms with Crippen LogP contribution < -0.4 is 16.0 Å². The fourth-order valence-electron chi connectivity index (χ4n) is 4.33. The van der Waals surface area contributed by atoms with Crippen LogP contribution in [0.15, 0.2) is 18.3 Å². The zero-order valence-electron chi connectivity index (χ0n) is 19.1. The van der Waals surface area contributed by atoms with E-state index < -0.39 is 6.09 Å². The van der Waals surface area contributed by atoms with Gasteiger partial charge in [-0.2, -0.15) is 10.2 Å². The summed E-state index contributed by atoms with van der Waals surface area (Å²) in [6.07, 6.45) is 1.05. The summed E-state index contributed by atoms with van der Waals surface area (Å²) in [4.78, 5) is 28.4. The lowest BCUT2D eigenvalue weighted by molar-refractivity contribution is 0.122. The first-order chi connectivity index (χ1) is 15.7. The molecular formula is C22H27N9O2. The molecule has 4 heterocycles. The van der Waals surface area contributed by atoms with Gasteiger partial charge in [-0.25, -0.2) is 14.8 Å². The standard InChI is InChI=1S/C22H27N9O2/c1-12-11-30(7-8-31(12)22(32)33)18-9-17-16(5-6-29(17)4)27-19(18)14(3)25-20-15(10-23)13(2)26-21(24)28-20/h5-6,9,12,14H,7-8,11H2,1-4H3,(H,32,33)(H3,24,25,26,28)/t12?,14-/m0/s1. The number of aromatic nitrogens is 4. The van der Waals surface area contributed by atoms with E-state index in [0.29, 0.717) is 36.7 Å². The number of aryl methyl sites for hydroxylation is 2. The molecule has 1 aliphatic rings. The lowest BCUT2D eigenvalue weighted by Gasteiger charge is -2.40. The molecule has 1 aliphatic heterocycles. The molecule has 1 unspecified atom stereocenters. The highest BCUT2D eigenvalue weighted by Gasteiger charge is 2.30. The van der Waals surface area contributed by atoms with Gasteiger partial charge in [0.25, 0.3) is 0 Å². The van der Waals surface area contributed by atoms with E-state index in [-0.39, 0.29) is 18.0 Å². The van der Waals surface area contributed by atoms with E-state index >= 15 is 0 Å². The Bertz CT molecular complexity index is 1260. The van der Waals surface area contributed by atoms with E-state index in [2.05, 4.69) is 32.3 Å². The first-order valence-electron chi connectivity index (χ1n) is 10.7. The lowest BCUT2D eigenvalue weighted by Crippen LogP contribution is -2.54. The maximum Gasteiger partial charge on any atom is 0.407 e. The molecule has 33 heavy (non-hydrogen) atoms. The predicted octanol–water partition coefficient (Wildman–Crippen LogP) is 2.49. The van der Waals surface area contributed by atoms with Crippen molar-refractivity contribution >= 4 is 34.6 Å². The van der Waals surface area contributed by atoms with Crippen molar-refractivity contribution in [1.82, 2.24) is 24.4 Å². The number of hydrogen-bond acceptors (Lipinski definition) is 8. The average Bonchev–Trinajstić information content (AvgIpc) is 3.12. The van der Waals surface area contributed by atoms with E-state index in [1.807, 2.05) is 37.7 Å². The summed E-state index contributed by atoms with van der Waals surface area (Å²) in [6, 6.07) is 5.71. The molecular weight excluding hydrogens is 422 g/mol. The third-order valence-corrected chi connectivity index (χ3v) is 6.07. The van der Waals surface area contributed by atoms with Crippen LogP contribution in [0.25, 0.3) is 11.0 Å². The first-order valence-corrected chi connectivity index (χ1v) is 10.7. The Balaban J connectivity index is 1.75. The number of amides is 1. The Morgan fingerprint density at radius 2 is 2.12 bits per heavy atom. The van der Waals surface area contributed by atoms with E-state index in [1.54, 1.807) is 6.92 Å². The topological polar surface area (TPSA) is 149 Å². The molecule has 0 aromatic carbocycles.